The molecule has 0 nitrogen and oxygen atoms in total. The quantitative estimate of drug-likeness (QED) is 0.490. The van der Waals surface area contributed by atoms with Crippen LogP contribution >= 0.6 is 38.9 Å². The number of halogens is 2. The van der Waals surface area contributed by atoms with Gasteiger partial charge in [0, 0.05) is 14.5 Å². The van der Waals surface area contributed by atoms with Gasteiger partial charge in [0.25, 0.3) is 0 Å². The normalized spacial score (nSPS) is 12.7. The summed E-state index contributed by atoms with van der Waals surface area (Å²) in [6, 6.07) is 16.6. The lowest BCUT2D eigenvalue weighted by Crippen LogP contribution is -1.94. The highest BCUT2D eigenvalue weighted by molar-refractivity contribution is 9.09. The van der Waals surface area contributed by atoms with Crippen molar-refractivity contribution in [1.29, 1.82) is 0 Å². The van der Waals surface area contributed by atoms with E-state index in [4.69, 9.17) is 11.6 Å². The highest BCUT2D eigenvalue weighted by Gasteiger charge is 2.13. The van der Waals surface area contributed by atoms with Gasteiger partial charge in [0.1, 0.15) is 0 Å². The van der Waals surface area contributed by atoms with Gasteiger partial charge < -0.3 is 0 Å². The van der Waals surface area contributed by atoms with Crippen molar-refractivity contribution in [2.45, 2.75) is 11.2 Å². The molecule has 0 radical (unpaired) electrons. The largest absolute Gasteiger partial charge is 0.143 e. The third kappa shape index (κ3) is 2.86. The first-order valence-corrected chi connectivity index (χ1v) is 8.26. The zero-order valence-corrected chi connectivity index (χ0v) is 13.3. The smallest absolute Gasteiger partial charge is 0.0450 e. The molecule has 0 saturated heterocycles. The fourth-order valence-corrected chi connectivity index (χ4v) is 4.25. The molecule has 3 rings (SSSR count). The average Bonchev–Trinajstić information content (AvgIpc) is 2.85. The molecule has 0 aliphatic carbocycles. The molecule has 96 valence electrons. The lowest BCUT2D eigenvalue weighted by molar-refractivity contribution is 0.962. The van der Waals surface area contributed by atoms with Crippen LogP contribution in [0, 0.1) is 0 Å². The van der Waals surface area contributed by atoms with Gasteiger partial charge in [-0.05, 0) is 46.5 Å². The molecule has 0 amide bonds. The van der Waals surface area contributed by atoms with E-state index in [0.717, 1.165) is 11.4 Å². The van der Waals surface area contributed by atoms with Gasteiger partial charge in [-0.1, -0.05) is 57.9 Å². The van der Waals surface area contributed by atoms with Gasteiger partial charge in [-0.3, -0.25) is 0 Å². The molecule has 3 heteroatoms. The molecule has 0 N–H and O–H groups in total. The molecule has 1 aromatic heterocycles. The van der Waals surface area contributed by atoms with Gasteiger partial charge in [0.05, 0.1) is 0 Å². The molecule has 0 aliphatic rings. The van der Waals surface area contributed by atoms with Crippen LogP contribution in [0.15, 0.2) is 53.9 Å². The Bertz CT molecular complexity index is 687. The SMILES string of the molecule is Clc1ccc(CC(Br)c2csc3ccccc23)cc1. The standard InChI is InChI=1S/C16H12BrClS/c17-15(9-11-5-7-12(18)8-6-11)14-10-19-16-4-2-1-3-13(14)16/h1-8,10,15H,9H2. The predicted molar refractivity (Wildman–Crippen MR) is 88.6 cm³/mol. The lowest BCUT2D eigenvalue weighted by Gasteiger charge is -2.09. The Labute approximate surface area is 130 Å². The van der Waals surface area contributed by atoms with Crippen LogP contribution in [-0.2, 0) is 6.42 Å². The molecule has 0 aliphatic heterocycles. The monoisotopic (exact) mass is 350 g/mol. The molecular weight excluding hydrogens is 340 g/mol. The number of thiophene rings is 1. The summed E-state index contributed by atoms with van der Waals surface area (Å²) in [5.74, 6) is 0. The van der Waals surface area contributed by atoms with Crippen LogP contribution in [0.5, 0.6) is 0 Å². The van der Waals surface area contributed by atoms with E-state index < -0.39 is 0 Å². The highest BCUT2D eigenvalue weighted by Crippen LogP contribution is 2.36. The van der Waals surface area contributed by atoms with Gasteiger partial charge in [0.2, 0.25) is 0 Å². The topological polar surface area (TPSA) is 0 Å². The Balaban J connectivity index is 1.87. The van der Waals surface area contributed by atoms with Crippen molar-refractivity contribution < 1.29 is 0 Å². The van der Waals surface area contributed by atoms with E-state index in [-0.39, 0.29) is 0 Å². The number of hydrogen-bond donors (Lipinski definition) is 0. The lowest BCUT2D eigenvalue weighted by atomic mass is 10.0. The Hall–Kier alpha value is -0.830. The first-order valence-electron chi connectivity index (χ1n) is 6.08. The van der Waals surface area contributed by atoms with E-state index in [2.05, 4.69) is 57.7 Å². The minimum atomic E-state index is 0.338. The minimum absolute atomic E-state index is 0.338. The number of benzene rings is 2. The van der Waals surface area contributed by atoms with Crippen LogP contribution in [0.2, 0.25) is 5.02 Å². The molecule has 0 saturated carbocycles. The second-order valence-electron chi connectivity index (χ2n) is 4.49. The first kappa shape index (κ1) is 13.2. The molecule has 0 bridgehead atoms. The zero-order valence-electron chi connectivity index (χ0n) is 10.1. The molecule has 1 heterocycles. The van der Waals surface area contributed by atoms with Crippen LogP contribution in [-0.4, -0.2) is 0 Å². The van der Waals surface area contributed by atoms with E-state index in [9.17, 15) is 0 Å². The third-order valence-electron chi connectivity index (χ3n) is 3.18. The van der Waals surface area contributed by atoms with Crippen molar-refractivity contribution in [3.05, 3.63) is 70.1 Å². The molecule has 1 atom stereocenters. The molecule has 3 aromatic rings. The summed E-state index contributed by atoms with van der Waals surface area (Å²) in [6.45, 7) is 0. The molecule has 0 fully saturated rings. The summed E-state index contributed by atoms with van der Waals surface area (Å²) in [5, 5.41) is 4.39. The molecule has 2 aromatic carbocycles. The number of fused-ring (bicyclic) bond motifs is 1. The predicted octanol–water partition coefficient (Wildman–Crippen LogP) is 6.23. The minimum Gasteiger partial charge on any atom is -0.143 e. The van der Waals surface area contributed by atoms with Crippen molar-refractivity contribution in [2.24, 2.45) is 0 Å². The van der Waals surface area contributed by atoms with Crippen molar-refractivity contribution in [3.8, 4) is 0 Å². The number of hydrogen-bond acceptors (Lipinski definition) is 1. The number of rotatable bonds is 3. The summed E-state index contributed by atoms with van der Waals surface area (Å²) < 4.78 is 1.35. The van der Waals surface area contributed by atoms with Crippen LogP contribution in [0.3, 0.4) is 0 Å². The fraction of sp³-hybridized carbons (Fsp3) is 0.125. The summed E-state index contributed by atoms with van der Waals surface area (Å²) in [5.41, 5.74) is 2.66. The van der Waals surface area contributed by atoms with Crippen molar-refractivity contribution in [3.63, 3.8) is 0 Å². The van der Waals surface area contributed by atoms with E-state index in [1.54, 1.807) is 11.3 Å². The Morgan fingerprint density at radius 2 is 1.79 bits per heavy atom. The van der Waals surface area contributed by atoms with Gasteiger partial charge >= 0.3 is 0 Å². The number of alkyl halides is 1. The fourth-order valence-electron chi connectivity index (χ4n) is 2.18. The van der Waals surface area contributed by atoms with E-state index >= 15 is 0 Å². The van der Waals surface area contributed by atoms with Gasteiger partial charge in [-0.2, -0.15) is 0 Å². The molecular formula is C16H12BrClS. The van der Waals surface area contributed by atoms with Gasteiger partial charge in [0.15, 0.2) is 0 Å². The summed E-state index contributed by atoms with van der Waals surface area (Å²) in [4.78, 5) is 0.338. The van der Waals surface area contributed by atoms with Crippen LogP contribution in [0.1, 0.15) is 16.0 Å². The van der Waals surface area contributed by atoms with E-state index in [1.165, 1.54) is 21.2 Å². The maximum atomic E-state index is 5.92. The second-order valence-corrected chi connectivity index (χ2v) is 6.94. The Kier molecular flexibility index (Phi) is 3.92. The van der Waals surface area contributed by atoms with E-state index in [0.29, 0.717) is 4.83 Å². The zero-order chi connectivity index (χ0) is 13.2. The Morgan fingerprint density at radius 3 is 2.58 bits per heavy atom. The van der Waals surface area contributed by atoms with E-state index in [1.807, 2.05) is 12.1 Å². The molecule has 19 heavy (non-hydrogen) atoms. The molecule has 1 unspecified atom stereocenters. The van der Waals surface area contributed by atoms with Crippen molar-refractivity contribution >= 4 is 49.0 Å². The van der Waals surface area contributed by atoms with Crippen molar-refractivity contribution in [1.82, 2.24) is 0 Å². The van der Waals surface area contributed by atoms with Gasteiger partial charge in [-0.15, -0.1) is 11.3 Å². The Morgan fingerprint density at radius 1 is 1.05 bits per heavy atom. The summed E-state index contributed by atoms with van der Waals surface area (Å²) >= 11 is 11.5. The van der Waals surface area contributed by atoms with Crippen LogP contribution in [0.4, 0.5) is 0 Å². The highest BCUT2D eigenvalue weighted by atomic mass is 79.9. The first-order chi connectivity index (χ1) is 9.24. The second kappa shape index (κ2) is 5.66. The molecule has 0 spiro atoms. The summed E-state index contributed by atoms with van der Waals surface area (Å²) in [7, 11) is 0. The van der Waals surface area contributed by atoms with Gasteiger partial charge in [-0.25, -0.2) is 0 Å². The van der Waals surface area contributed by atoms with Crippen LogP contribution in [0.25, 0.3) is 10.1 Å². The maximum absolute atomic E-state index is 5.92. The maximum Gasteiger partial charge on any atom is 0.0450 e. The summed E-state index contributed by atoms with van der Waals surface area (Å²) in [6.07, 6.45) is 0.970. The van der Waals surface area contributed by atoms with Crippen LogP contribution < -0.4 is 0 Å². The third-order valence-corrected chi connectivity index (χ3v) is 5.23. The van der Waals surface area contributed by atoms with Crippen molar-refractivity contribution in [2.75, 3.05) is 0 Å². The average molecular weight is 352 g/mol.